The molecular weight excluding hydrogens is 539 g/mol. The van der Waals surface area contributed by atoms with Crippen LogP contribution in [0.1, 0.15) is 156 Å². The second kappa shape index (κ2) is 13.2. The van der Waals surface area contributed by atoms with Crippen LogP contribution in [-0.4, -0.2) is 6.61 Å². The van der Waals surface area contributed by atoms with Crippen LogP contribution in [0.25, 0.3) is 0 Å². The van der Waals surface area contributed by atoms with Gasteiger partial charge in [0, 0.05) is 17.5 Å². The molecule has 0 unspecified atom stereocenters. The van der Waals surface area contributed by atoms with Gasteiger partial charge in [0.15, 0.2) is 0 Å². The predicted octanol–water partition coefficient (Wildman–Crippen LogP) is 11.6. The van der Waals surface area contributed by atoms with Crippen molar-refractivity contribution in [2.45, 2.75) is 151 Å². The average Bonchev–Trinajstić information content (AvgIpc) is 2.80. The molecule has 2 aromatic rings. The standard InChI is InChI=1S/C37H59O4P/c1-25(2)18-16-15-17-19-38-41-42-39-32-26(21-28(34(3,4)5)23-30(32)36(9,10)11)20-27-22-29(35(6,7)8)24-31(33(27)40-42)37(12,13)14/h21-25H,15-20H2,1-14H3. The van der Waals surface area contributed by atoms with Crippen molar-refractivity contribution in [1.82, 2.24) is 0 Å². The van der Waals surface area contributed by atoms with E-state index in [1.165, 1.54) is 46.2 Å². The Hall–Kier alpha value is -1.61. The van der Waals surface area contributed by atoms with Crippen LogP contribution in [0.15, 0.2) is 24.3 Å². The molecule has 0 bridgehead atoms. The molecule has 0 radical (unpaired) electrons. The summed E-state index contributed by atoms with van der Waals surface area (Å²) in [6.45, 7) is 32.2. The molecule has 0 amide bonds. The van der Waals surface area contributed by atoms with Crippen LogP contribution < -0.4 is 9.05 Å². The molecule has 1 aliphatic rings. The summed E-state index contributed by atoms with van der Waals surface area (Å²) in [5, 5.41) is 0. The maximum Gasteiger partial charge on any atom is 0.493 e. The fourth-order valence-corrected chi connectivity index (χ4v) is 6.20. The molecule has 0 atom stereocenters. The first-order valence-corrected chi connectivity index (χ1v) is 17.1. The summed E-state index contributed by atoms with van der Waals surface area (Å²) in [5.41, 5.74) is 7.05. The predicted molar refractivity (Wildman–Crippen MR) is 179 cm³/mol. The lowest BCUT2D eigenvalue weighted by Crippen LogP contribution is -2.22. The zero-order valence-electron chi connectivity index (χ0n) is 29.2. The van der Waals surface area contributed by atoms with E-state index in [2.05, 4.69) is 121 Å². The van der Waals surface area contributed by atoms with Crippen LogP contribution in [0.4, 0.5) is 0 Å². The second-order valence-corrected chi connectivity index (χ2v) is 17.7. The van der Waals surface area contributed by atoms with Crippen molar-refractivity contribution in [3.05, 3.63) is 57.6 Å². The van der Waals surface area contributed by atoms with Crippen molar-refractivity contribution in [3.63, 3.8) is 0 Å². The first kappa shape index (κ1) is 34.9. The molecule has 0 aromatic heterocycles. The average molecular weight is 599 g/mol. The number of fused-ring (bicyclic) bond motifs is 2. The van der Waals surface area contributed by atoms with Crippen LogP contribution >= 0.6 is 8.60 Å². The van der Waals surface area contributed by atoms with Gasteiger partial charge in [0.25, 0.3) is 0 Å². The zero-order chi connectivity index (χ0) is 31.7. The van der Waals surface area contributed by atoms with E-state index in [4.69, 9.17) is 18.6 Å². The summed E-state index contributed by atoms with van der Waals surface area (Å²) in [6.07, 6.45) is 5.25. The molecular formula is C37H59O4P. The molecule has 0 saturated carbocycles. The van der Waals surface area contributed by atoms with E-state index in [-0.39, 0.29) is 21.7 Å². The summed E-state index contributed by atoms with van der Waals surface area (Å²) in [6, 6.07) is 9.31. The van der Waals surface area contributed by atoms with Crippen molar-refractivity contribution in [3.8, 4) is 11.5 Å². The minimum absolute atomic E-state index is 0.000466. The van der Waals surface area contributed by atoms with Crippen LogP contribution in [0.5, 0.6) is 11.5 Å². The third-order valence-corrected chi connectivity index (χ3v) is 8.91. The van der Waals surface area contributed by atoms with Crippen molar-refractivity contribution in [2.75, 3.05) is 6.61 Å². The van der Waals surface area contributed by atoms with Gasteiger partial charge in [-0.3, -0.25) is 0 Å². The van der Waals surface area contributed by atoms with E-state index in [1.54, 1.807) is 0 Å². The van der Waals surface area contributed by atoms with Gasteiger partial charge in [0.1, 0.15) is 11.5 Å². The van der Waals surface area contributed by atoms with Crippen molar-refractivity contribution < 1.29 is 18.6 Å². The Balaban J connectivity index is 2.14. The van der Waals surface area contributed by atoms with Crippen molar-refractivity contribution in [2.24, 2.45) is 5.92 Å². The van der Waals surface area contributed by atoms with Gasteiger partial charge < -0.3 is 9.05 Å². The number of hydrogen-bond acceptors (Lipinski definition) is 4. The summed E-state index contributed by atoms with van der Waals surface area (Å²) in [5.74, 6) is 2.46. The van der Waals surface area contributed by atoms with Crippen LogP contribution in [-0.2, 0) is 37.6 Å². The first-order chi connectivity index (χ1) is 19.2. The van der Waals surface area contributed by atoms with Crippen molar-refractivity contribution in [1.29, 1.82) is 0 Å². The SMILES string of the molecule is CC(C)CCCCCOOP1Oc2c(cc(C(C)(C)C)cc2C(C)(C)C)Cc2cc(C(C)(C)C)cc(C(C)(C)C)c2O1. The minimum atomic E-state index is -1.85. The highest BCUT2D eigenvalue weighted by atomic mass is 31.2. The smallest absolute Gasteiger partial charge is 0.416 e. The highest BCUT2D eigenvalue weighted by Crippen LogP contribution is 2.53. The van der Waals surface area contributed by atoms with E-state index in [0.29, 0.717) is 6.61 Å². The molecule has 5 heteroatoms. The zero-order valence-corrected chi connectivity index (χ0v) is 30.1. The van der Waals surface area contributed by atoms with Crippen LogP contribution in [0.3, 0.4) is 0 Å². The van der Waals surface area contributed by atoms with Gasteiger partial charge in [-0.2, -0.15) is 0 Å². The molecule has 0 fully saturated rings. The van der Waals surface area contributed by atoms with Crippen molar-refractivity contribution >= 4 is 8.60 Å². The van der Waals surface area contributed by atoms with Gasteiger partial charge in [0.05, 0.1) is 6.61 Å². The Morgan fingerprint density at radius 1 is 0.643 bits per heavy atom. The highest BCUT2D eigenvalue weighted by molar-refractivity contribution is 7.42. The maximum atomic E-state index is 6.74. The Labute approximate surface area is 259 Å². The largest absolute Gasteiger partial charge is 0.493 e. The normalized spacial score (nSPS) is 15.0. The number of rotatable bonds is 8. The van der Waals surface area contributed by atoms with E-state index < -0.39 is 8.60 Å². The summed E-state index contributed by atoms with van der Waals surface area (Å²) >= 11 is 0. The number of benzene rings is 2. The van der Waals surface area contributed by atoms with Gasteiger partial charge in [-0.25, -0.2) is 4.89 Å². The molecule has 0 spiro atoms. The Kier molecular flexibility index (Phi) is 10.9. The molecule has 0 N–H and O–H groups in total. The van der Waals surface area contributed by atoms with Crippen LogP contribution in [0.2, 0.25) is 0 Å². The molecule has 0 saturated heterocycles. The molecule has 3 rings (SSSR count). The monoisotopic (exact) mass is 598 g/mol. The third kappa shape index (κ3) is 9.20. The topological polar surface area (TPSA) is 36.9 Å². The Morgan fingerprint density at radius 2 is 1.10 bits per heavy atom. The second-order valence-electron chi connectivity index (χ2n) is 16.7. The molecule has 236 valence electrons. The lowest BCUT2D eigenvalue weighted by molar-refractivity contribution is -0.211. The minimum Gasteiger partial charge on any atom is -0.416 e. The van der Waals surface area contributed by atoms with Gasteiger partial charge >= 0.3 is 8.60 Å². The highest BCUT2D eigenvalue weighted by Gasteiger charge is 2.35. The van der Waals surface area contributed by atoms with Gasteiger partial charge in [-0.1, -0.05) is 140 Å². The molecule has 0 aliphatic carbocycles. The molecule has 1 heterocycles. The Morgan fingerprint density at radius 3 is 1.48 bits per heavy atom. The third-order valence-electron chi connectivity index (χ3n) is 8.02. The summed E-state index contributed by atoms with van der Waals surface area (Å²) in [4.78, 5) is 5.79. The summed E-state index contributed by atoms with van der Waals surface area (Å²) < 4.78 is 19.5. The van der Waals surface area contributed by atoms with Gasteiger partial charge in [-0.15, -0.1) is 4.67 Å². The Bertz CT molecular complexity index is 1120. The molecule has 2 aromatic carbocycles. The lowest BCUT2D eigenvalue weighted by Gasteiger charge is -2.34. The lowest BCUT2D eigenvalue weighted by atomic mass is 9.76. The number of hydrogen-bond donors (Lipinski definition) is 0. The van der Waals surface area contributed by atoms with E-state index in [1.807, 2.05) is 0 Å². The van der Waals surface area contributed by atoms with E-state index in [9.17, 15) is 0 Å². The summed E-state index contributed by atoms with van der Waals surface area (Å²) in [7, 11) is -1.85. The van der Waals surface area contributed by atoms with Gasteiger partial charge in [0.2, 0.25) is 0 Å². The molecule has 4 nitrogen and oxygen atoms in total. The fourth-order valence-electron chi connectivity index (χ4n) is 5.21. The first-order valence-electron chi connectivity index (χ1n) is 16.0. The number of unbranched alkanes of at least 4 members (excludes halogenated alkanes) is 2. The van der Waals surface area contributed by atoms with Crippen LogP contribution in [0, 0.1) is 5.92 Å². The fraction of sp³-hybridized carbons (Fsp3) is 0.676. The van der Waals surface area contributed by atoms with E-state index >= 15 is 0 Å². The quantitative estimate of drug-likeness (QED) is 0.131. The molecule has 42 heavy (non-hydrogen) atoms. The molecule has 1 aliphatic heterocycles. The van der Waals surface area contributed by atoms with E-state index in [0.717, 1.165) is 36.7 Å². The van der Waals surface area contributed by atoms with Gasteiger partial charge in [-0.05, 0) is 56.3 Å². The maximum absolute atomic E-state index is 6.74.